The molecule has 3 N–H and O–H groups in total. The van der Waals surface area contributed by atoms with Gasteiger partial charge in [-0.15, -0.1) is 0 Å². The molecule has 0 aliphatic carbocycles. The van der Waals surface area contributed by atoms with Crippen LogP contribution in [0.3, 0.4) is 0 Å². The second kappa shape index (κ2) is 7.56. The van der Waals surface area contributed by atoms with E-state index in [4.69, 9.17) is 0 Å². The topological polar surface area (TPSA) is 133 Å². The van der Waals surface area contributed by atoms with E-state index in [2.05, 4.69) is 15.8 Å². The molecule has 1 aliphatic heterocycles. The van der Waals surface area contributed by atoms with E-state index >= 15 is 0 Å². The molecule has 4 rings (SSSR count). The largest absolute Gasteiger partial charge is 0.344 e. The summed E-state index contributed by atoms with van der Waals surface area (Å²) in [6, 6.07) is 14.3. The maximum absolute atomic E-state index is 12.8. The lowest BCUT2D eigenvalue weighted by molar-refractivity contribution is -0.139. The third kappa shape index (κ3) is 3.48. The molecule has 1 aliphatic rings. The third-order valence-corrected chi connectivity index (χ3v) is 5.22. The van der Waals surface area contributed by atoms with E-state index in [1.807, 2.05) is 0 Å². The minimum absolute atomic E-state index is 0.135. The molecule has 1 aromatic heterocycles. The standard InChI is InChI=1S/C21H19N5O5/c1-21(13-7-3-2-4-8-13)19(30)26(20(31)22-21)23-16(27)11-12-25-18(29)15-10-6-5-9-14(15)17(28)24-25/h2-10H,11-12H2,1H3,(H,22,31)(H,23,27)(H,24,28). The molecule has 3 aromatic rings. The first-order valence-corrected chi connectivity index (χ1v) is 9.55. The summed E-state index contributed by atoms with van der Waals surface area (Å²) in [6.45, 7) is 1.42. The molecule has 1 atom stereocenters. The summed E-state index contributed by atoms with van der Waals surface area (Å²) < 4.78 is 1.03. The first-order chi connectivity index (χ1) is 14.8. The number of H-pyrrole nitrogens is 1. The molecule has 1 unspecified atom stereocenters. The van der Waals surface area contributed by atoms with Crippen LogP contribution in [-0.2, 0) is 21.7 Å². The number of carbonyl (C=O) groups excluding carboxylic acids is 3. The van der Waals surface area contributed by atoms with Crippen molar-refractivity contribution in [3.8, 4) is 0 Å². The lowest BCUT2D eigenvalue weighted by Crippen LogP contribution is -2.48. The number of aromatic nitrogens is 2. The van der Waals surface area contributed by atoms with Crippen LogP contribution in [0.2, 0.25) is 0 Å². The number of rotatable bonds is 5. The van der Waals surface area contributed by atoms with Crippen molar-refractivity contribution in [3.05, 3.63) is 80.9 Å². The van der Waals surface area contributed by atoms with Crippen molar-refractivity contribution in [2.45, 2.75) is 25.4 Å². The highest BCUT2D eigenvalue weighted by Gasteiger charge is 2.49. The molecule has 158 valence electrons. The summed E-state index contributed by atoms with van der Waals surface area (Å²) in [4.78, 5) is 62.2. The first-order valence-electron chi connectivity index (χ1n) is 9.55. The minimum Gasteiger partial charge on any atom is -0.318 e. The van der Waals surface area contributed by atoms with Gasteiger partial charge in [-0.25, -0.2) is 9.48 Å². The molecule has 2 aromatic carbocycles. The number of imide groups is 1. The van der Waals surface area contributed by atoms with Gasteiger partial charge in [-0.3, -0.25) is 29.7 Å². The number of nitrogens with zero attached hydrogens (tertiary/aromatic N) is 2. The zero-order chi connectivity index (χ0) is 22.2. The first kappa shape index (κ1) is 20.1. The number of aryl methyl sites for hydroxylation is 1. The number of amides is 4. The molecule has 1 fully saturated rings. The minimum atomic E-state index is -1.31. The summed E-state index contributed by atoms with van der Waals surface area (Å²) in [7, 11) is 0. The Labute approximate surface area is 175 Å². The van der Waals surface area contributed by atoms with E-state index in [0.29, 0.717) is 10.6 Å². The molecule has 10 nitrogen and oxygen atoms in total. The SMILES string of the molecule is CC1(c2ccccc2)NC(=O)N(NC(=O)CCn2[nH]c(=O)c3ccccc3c2=O)C1=O. The van der Waals surface area contributed by atoms with Crippen LogP contribution >= 0.6 is 0 Å². The molecule has 0 spiro atoms. The molecule has 10 heteroatoms. The molecule has 0 saturated carbocycles. The van der Waals surface area contributed by atoms with Crippen LogP contribution in [0.4, 0.5) is 4.79 Å². The molecule has 0 bridgehead atoms. The van der Waals surface area contributed by atoms with Gasteiger partial charge in [0, 0.05) is 6.42 Å². The van der Waals surface area contributed by atoms with Crippen molar-refractivity contribution in [2.24, 2.45) is 0 Å². The van der Waals surface area contributed by atoms with Gasteiger partial charge in [-0.1, -0.05) is 42.5 Å². The van der Waals surface area contributed by atoms with E-state index in [1.165, 1.54) is 12.1 Å². The third-order valence-electron chi connectivity index (χ3n) is 5.22. The fourth-order valence-electron chi connectivity index (χ4n) is 3.51. The molecule has 1 saturated heterocycles. The summed E-state index contributed by atoms with van der Waals surface area (Å²) in [5, 5.41) is 6.13. The zero-order valence-corrected chi connectivity index (χ0v) is 16.5. The maximum Gasteiger partial charge on any atom is 0.344 e. The van der Waals surface area contributed by atoms with E-state index in [1.54, 1.807) is 49.4 Å². The predicted molar refractivity (Wildman–Crippen MR) is 111 cm³/mol. The average molecular weight is 421 g/mol. The summed E-state index contributed by atoms with van der Waals surface area (Å²) >= 11 is 0. The maximum atomic E-state index is 12.8. The van der Waals surface area contributed by atoms with Crippen LogP contribution in [-0.4, -0.2) is 32.6 Å². The van der Waals surface area contributed by atoms with Crippen molar-refractivity contribution in [1.82, 2.24) is 25.5 Å². The van der Waals surface area contributed by atoms with Gasteiger partial charge in [0.05, 0.1) is 17.3 Å². The second-order valence-corrected chi connectivity index (χ2v) is 7.29. The van der Waals surface area contributed by atoms with Gasteiger partial charge in [0.25, 0.3) is 17.0 Å². The number of hydrogen-bond donors (Lipinski definition) is 3. The number of urea groups is 1. The van der Waals surface area contributed by atoms with Gasteiger partial charge in [0.1, 0.15) is 5.54 Å². The van der Waals surface area contributed by atoms with Gasteiger partial charge in [-0.2, -0.15) is 5.01 Å². The molecule has 0 radical (unpaired) electrons. The molecular weight excluding hydrogens is 402 g/mol. The highest BCUT2D eigenvalue weighted by atomic mass is 16.2. The van der Waals surface area contributed by atoms with Crippen LogP contribution in [0.1, 0.15) is 18.9 Å². The Kier molecular flexibility index (Phi) is 4.90. The Morgan fingerprint density at radius 2 is 1.61 bits per heavy atom. The number of benzene rings is 2. The lowest BCUT2D eigenvalue weighted by atomic mass is 9.92. The summed E-state index contributed by atoms with van der Waals surface area (Å²) in [5.41, 5.74) is 0.627. The Morgan fingerprint density at radius 3 is 2.32 bits per heavy atom. The number of hydrogen-bond acceptors (Lipinski definition) is 5. The number of hydrazine groups is 1. The van der Waals surface area contributed by atoms with Crippen LogP contribution in [0, 0.1) is 0 Å². The molecule has 31 heavy (non-hydrogen) atoms. The smallest absolute Gasteiger partial charge is 0.318 e. The Bertz CT molecular complexity index is 1310. The zero-order valence-electron chi connectivity index (χ0n) is 16.5. The van der Waals surface area contributed by atoms with Crippen LogP contribution in [0.15, 0.2) is 64.2 Å². The van der Waals surface area contributed by atoms with Crippen molar-refractivity contribution >= 4 is 28.6 Å². The second-order valence-electron chi connectivity index (χ2n) is 7.29. The van der Waals surface area contributed by atoms with E-state index in [9.17, 15) is 24.0 Å². The number of nitrogens with one attached hydrogen (secondary N) is 3. The Balaban J connectivity index is 1.47. The van der Waals surface area contributed by atoms with Crippen LogP contribution in [0.5, 0.6) is 0 Å². The fraction of sp³-hybridized carbons (Fsp3) is 0.190. The molecule has 4 amide bonds. The normalized spacial score (nSPS) is 18.3. The number of carbonyl (C=O) groups is 3. The van der Waals surface area contributed by atoms with Crippen molar-refractivity contribution in [2.75, 3.05) is 0 Å². The summed E-state index contributed by atoms with van der Waals surface area (Å²) in [5.74, 6) is -1.30. The van der Waals surface area contributed by atoms with Crippen molar-refractivity contribution in [3.63, 3.8) is 0 Å². The molecular formula is C21H19N5O5. The van der Waals surface area contributed by atoms with Crippen LogP contribution < -0.4 is 21.9 Å². The number of aromatic amines is 1. The van der Waals surface area contributed by atoms with Gasteiger partial charge >= 0.3 is 6.03 Å². The van der Waals surface area contributed by atoms with Gasteiger partial charge < -0.3 is 5.32 Å². The van der Waals surface area contributed by atoms with Gasteiger partial charge in [0.15, 0.2) is 0 Å². The highest BCUT2D eigenvalue weighted by molar-refractivity contribution is 6.08. The molecule has 2 heterocycles. The monoisotopic (exact) mass is 421 g/mol. The number of fused-ring (bicyclic) bond motifs is 1. The van der Waals surface area contributed by atoms with Crippen molar-refractivity contribution in [1.29, 1.82) is 0 Å². The van der Waals surface area contributed by atoms with E-state index < -0.39 is 34.5 Å². The lowest BCUT2D eigenvalue weighted by Gasteiger charge is -2.22. The quantitative estimate of drug-likeness (QED) is 0.518. The van der Waals surface area contributed by atoms with Gasteiger partial charge in [-0.05, 0) is 24.6 Å². The van der Waals surface area contributed by atoms with E-state index in [0.717, 1.165) is 4.68 Å². The van der Waals surface area contributed by atoms with Gasteiger partial charge in [0.2, 0.25) is 5.91 Å². The van der Waals surface area contributed by atoms with Crippen molar-refractivity contribution < 1.29 is 14.4 Å². The average Bonchev–Trinajstić information content (AvgIpc) is 3.00. The van der Waals surface area contributed by atoms with Crippen LogP contribution in [0.25, 0.3) is 10.8 Å². The fourth-order valence-corrected chi connectivity index (χ4v) is 3.51. The summed E-state index contributed by atoms with van der Waals surface area (Å²) in [6.07, 6.45) is -0.243. The van der Waals surface area contributed by atoms with E-state index in [-0.39, 0.29) is 23.7 Å². The Hall–Kier alpha value is -4.21. The highest BCUT2D eigenvalue weighted by Crippen LogP contribution is 2.27. The Morgan fingerprint density at radius 1 is 0.968 bits per heavy atom. The predicted octanol–water partition coefficient (Wildman–Crippen LogP) is 0.578.